The lowest BCUT2D eigenvalue weighted by Crippen LogP contribution is -1.97. The predicted octanol–water partition coefficient (Wildman–Crippen LogP) is 3.69. The summed E-state index contributed by atoms with van der Waals surface area (Å²) in [5, 5.41) is 12.3. The van der Waals surface area contributed by atoms with E-state index in [0.29, 0.717) is 11.6 Å². The molecule has 1 heterocycles. The number of allylic oxidation sites excluding steroid dienone is 1. The monoisotopic (exact) mass is 261 g/mol. The van der Waals surface area contributed by atoms with Gasteiger partial charge in [-0.05, 0) is 42.5 Å². The predicted molar refractivity (Wildman–Crippen MR) is 74.9 cm³/mol. The average molecular weight is 261 g/mol. The van der Waals surface area contributed by atoms with E-state index in [9.17, 15) is 0 Å². The van der Waals surface area contributed by atoms with E-state index in [1.807, 2.05) is 30.4 Å². The third-order valence-electron chi connectivity index (χ3n) is 2.97. The summed E-state index contributed by atoms with van der Waals surface area (Å²) < 4.78 is 10.6. The zero-order chi connectivity index (χ0) is 13.7. The van der Waals surface area contributed by atoms with E-state index in [1.165, 1.54) is 0 Å². The molecule has 0 saturated heterocycles. The van der Waals surface area contributed by atoms with Crippen molar-refractivity contribution in [1.82, 2.24) is 0 Å². The van der Waals surface area contributed by atoms with E-state index in [-0.39, 0.29) is 6.79 Å². The van der Waals surface area contributed by atoms with Crippen LogP contribution in [-0.4, -0.2) is 17.7 Å². The molecule has 0 unspecified atom stereocenters. The summed E-state index contributed by atoms with van der Waals surface area (Å²) in [6.07, 6.45) is 5.53. The van der Waals surface area contributed by atoms with Crippen LogP contribution in [0, 0.1) is 5.92 Å². The quantitative estimate of drug-likeness (QED) is 0.499. The normalized spacial score (nSPS) is 14.6. The van der Waals surface area contributed by atoms with Crippen LogP contribution in [-0.2, 0) is 0 Å². The first-order chi connectivity index (χ1) is 9.19. The van der Waals surface area contributed by atoms with Crippen molar-refractivity contribution in [3.63, 3.8) is 0 Å². The van der Waals surface area contributed by atoms with E-state index < -0.39 is 0 Å². The van der Waals surface area contributed by atoms with Gasteiger partial charge in [0, 0.05) is 0 Å². The van der Waals surface area contributed by atoms with Crippen LogP contribution in [0.3, 0.4) is 0 Å². The maximum Gasteiger partial charge on any atom is 0.231 e. The van der Waals surface area contributed by atoms with Crippen LogP contribution in [0.2, 0.25) is 0 Å². The number of ether oxygens (including phenoxy) is 2. The largest absolute Gasteiger partial charge is 0.454 e. The number of rotatable bonds is 5. The molecule has 0 aliphatic carbocycles. The second-order valence-electron chi connectivity index (χ2n) is 4.97. The van der Waals surface area contributed by atoms with Crippen molar-refractivity contribution in [3.05, 3.63) is 29.8 Å². The molecule has 0 radical (unpaired) electrons. The van der Waals surface area contributed by atoms with E-state index in [2.05, 4.69) is 19.0 Å². The van der Waals surface area contributed by atoms with Crippen molar-refractivity contribution in [3.8, 4) is 11.5 Å². The minimum atomic E-state index is 0.278. The van der Waals surface area contributed by atoms with Crippen molar-refractivity contribution >= 4 is 11.8 Å². The lowest BCUT2D eigenvalue weighted by atomic mass is 10.0. The van der Waals surface area contributed by atoms with Gasteiger partial charge in [0.05, 0.1) is 5.71 Å². The van der Waals surface area contributed by atoms with E-state index in [0.717, 1.165) is 29.9 Å². The van der Waals surface area contributed by atoms with Gasteiger partial charge in [0.2, 0.25) is 6.79 Å². The van der Waals surface area contributed by atoms with Gasteiger partial charge >= 0.3 is 0 Å². The molecule has 19 heavy (non-hydrogen) atoms. The molecular weight excluding hydrogens is 242 g/mol. The van der Waals surface area contributed by atoms with Crippen molar-refractivity contribution in [2.75, 3.05) is 6.79 Å². The lowest BCUT2D eigenvalue weighted by Gasteiger charge is -2.03. The molecule has 102 valence electrons. The summed E-state index contributed by atoms with van der Waals surface area (Å²) in [6.45, 7) is 4.58. The smallest absolute Gasteiger partial charge is 0.231 e. The molecule has 4 heteroatoms. The Balaban J connectivity index is 2.01. The number of hydrogen-bond acceptors (Lipinski definition) is 4. The molecule has 0 atom stereocenters. The number of oxime groups is 1. The van der Waals surface area contributed by atoms with Crippen LogP contribution in [0.4, 0.5) is 0 Å². The molecule has 0 amide bonds. The second kappa shape index (κ2) is 6.27. The highest BCUT2D eigenvalue weighted by Gasteiger charge is 2.12. The summed E-state index contributed by atoms with van der Waals surface area (Å²) in [7, 11) is 0. The highest BCUT2D eigenvalue weighted by Crippen LogP contribution is 2.32. The standard InChI is InChI=1S/C15H19NO3/c1-11(2)3-6-13(16-17)7-4-12-5-8-14-15(9-12)19-10-18-14/h4-5,7-9,11,17H,3,6,10H2,1-2H3/b7-4+,16-13+. The number of hydrogen-bond donors (Lipinski definition) is 1. The molecule has 0 bridgehead atoms. The fourth-order valence-corrected chi connectivity index (χ4v) is 1.81. The molecule has 1 N–H and O–H groups in total. The maximum absolute atomic E-state index is 8.96. The molecule has 0 saturated carbocycles. The van der Waals surface area contributed by atoms with Gasteiger partial charge in [-0.1, -0.05) is 31.1 Å². The van der Waals surface area contributed by atoms with E-state index in [1.54, 1.807) is 0 Å². The molecule has 1 aliphatic heterocycles. The fourth-order valence-electron chi connectivity index (χ4n) is 1.81. The van der Waals surface area contributed by atoms with Gasteiger partial charge < -0.3 is 14.7 Å². The molecular formula is C15H19NO3. The first-order valence-corrected chi connectivity index (χ1v) is 6.47. The number of nitrogens with zero attached hydrogens (tertiary/aromatic N) is 1. The van der Waals surface area contributed by atoms with Crippen molar-refractivity contribution in [1.29, 1.82) is 0 Å². The minimum absolute atomic E-state index is 0.278. The molecule has 1 aromatic rings. The van der Waals surface area contributed by atoms with Gasteiger partial charge in [0.15, 0.2) is 11.5 Å². The van der Waals surface area contributed by atoms with Gasteiger partial charge in [-0.15, -0.1) is 0 Å². The van der Waals surface area contributed by atoms with Crippen LogP contribution in [0.15, 0.2) is 29.4 Å². The average Bonchev–Trinajstić information content (AvgIpc) is 2.86. The summed E-state index contributed by atoms with van der Waals surface area (Å²) in [6, 6.07) is 5.74. The summed E-state index contributed by atoms with van der Waals surface area (Å²) in [5.74, 6) is 2.12. The van der Waals surface area contributed by atoms with Crippen molar-refractivity contribution in [2.45, 2.75) is 26.7 Å². The Labute approximate surface area is 113 Å². The Kier molecular flexibility index (Phi) is 4.44. The molecule has 1 aliphatic rings. The highest BCUT2D eigenvalue weighted by atomic mass is 16.7. The van der Waals surface area contributed by atoms with Gasteiger partial charge in [-0.2, -0.15) is 0 Å². The Morgan fingerprint density at radius 2 is 2.16 bits per heavy atom. The van der Waals surface area contributed by atoms with Crippen LogP contribution < -0.4 is 9.47 Å². The first-order valence-electron chi connectivity index (χ1n) is 6.47. The van der Waals surface area contributed by atoms with Crippen molar-refractivity contribution < 1.29 is 14.7 Å². The van der Waals surface area contributed by atoms with E-state index >= 15 is 0 Å². The van der Waals surface area contributed by atoms with E-state index in [4.69, 9.17) is 14.7 Å². The molecule has 4 nitrogen and oxygen atoms in total. The topological polar surface area (TPSA) is 51.0 Å². The number of benzene rings is 1. The molecule has 1 aromatic carbocycles. The Bertz CT molecular complexity index is 492. The van der Waals surface area contributed by atoms with Crippen LogP contribution in [0.25, 0.3) is 6.08 Å². The Morgan fingerprint density at radius 1 is 1.37 bits per heavy atom. The van der Waals surface area contributed by atoms with Gasteiger partial charge in [-0.25, -0.2) is 0 Å². The molecule has 0 spiro atoms. The van der Waals surface area contributed by atoms with Crippen LogP contribution in [0.1, 0.15) is 32.3 Å². The van der Waals surface area contributed by atoms with Gasteiger partial charge in [0.1, 0.15) is 0 Å². The molecule has 2 rings (SSSR count). The zero-order valence-electron chi connectivity index (χ0n) is 11.3. The lowest BCUT2D eigenvalue weighted by molar-refractivity contribution is 0.174. The first kappa shape index (κ1) is 13.5. The third kappa shape index (κ3) is 3.74. The van der Waals surface area contributed by atoms with Crippen LogP contribution in [0.5, 0.6) is 11.5 Å². The highest BCUT2D eigenvalue weighted by molar-refractivity contribution is 5.97. The minimum Gasteiger partial charge on any atom is -0.454 e. The Morgan fingerprint density at radius 3 is 2.89 bits per heavy atom. The molecule has 0 fully saturated rings. The van der Waals surface area contributed by atoms with Gasteiger partial charge in [-0.3, -0.25) is 0 Å². The second-order valence-corrected chi connectivity index (χ2v) is 4.97. The fraction of sp³-hybridized carbons (Fsp3) is 0.400. The van der Waals surface area contributed by atoms with Crippen molar-refractivity contribution in [2.24, 2.45) is 11.1 Å². The molecule has 0 aromatic heterocycles. The summed E-state index contributed by atoms with van der Waals surface area (Å²) in [4.78, 5) is 0. The third-order valence-corrected chi connectivity index (χ3v) is 2.97. The zero-order valence-corrected chi connectivity index (χ0v) is 11.3. The Hall–Kier alpha value is -1.97. The van der Waals surface area contributed by atoms with Crippen LogP contribution >= 0.6 is 0 Å². The SMILES string of the molecule is CC(C)CCC(/C=C/c1ccc2c(c1)OCO2)=N\O. The summed E-state index contributed by atoms with van der Waals surface area (Å²) in [5.41, 5.74) is 1.68. The summed E-state index contributed by atoms with van der Waals surface area (Å²) >= 11 is 0. The maximum atomic E-state index is 8.96. The van der Waals surface area contributed by atoms with Gasteiger partial charge in [0.25, 0.3) is 0 Å². The number of fused-ring (bicyclic) bond motifs is 1.